The maximum atomic E-state index is 11.7. The zero-order chi connectivity index (χ0) is 14.7. The van der Waals surface area contributed by atoms with Crippen LogP contribution in [0.3, 0.4) is 0 Å². The minimum Gasteiger partial charge on any atom is -0.461 e. The Morgan fingerprint density at radius 3 is 2.81 bits per heavy atom. The number of nitrogens with zero attached hydrogens (tertiary/aromatic N) is 1. The van der Waals surface area contributed by atoms with Gasteiger partial charge in [0, 0.05) is 0 Å². The number of benzene rings is 1. The molecule has 0 bridgehead atoms. The van der Waals surface area contributed by atoms with Crippen molar-refractivity contribution in [3.05, 3.63) is 48.7 Å². The van der Waals surface area contributed by atoms with Gasteiger partial charge < -0.3 is 19.4 Å². The van der Waals surface area contributed by atoms with E-state index in [1.807, 2.05) is 0 Å². The summed E-state index contributed by atoms with van der Waals surface area (Å²) in [5.74, 6) is 0.875. The third-order valence-electron chi connectivity index (χ3n) is 2.65. The molecule has 7 heteroatoms. The number of nitrogen functional groups attached to an aromatic ring is 1. The van der Waals surface area contributed by atoms with Crippen molar-refractivity contribution in [3.63, 3.8) is 0 Å². The van der Waals surface area contributed by atoms with E-state index in [1.165, 1.54) is 12.3 Å². The van der Waals surface area contributed by atoms with Crippen molar-refractivity contribution in [1.29, 1.82) is 0 Å². The Morgan fingerprint density at radius 2 is 2.05 bits per heavy atom. The SMILES string of the molecule is Nc1ccccc1NC(=O)Oc1cc(-c2ccco2)on1. The predicted octanol–water partition coefficient (Wildman–Crippen LogP) is 3.13. The summed E-state index contributed by atoms with van der Waals surface area (Å²) >= 11 is 0. The third kappa shape index (κ3) is 2.86. The van der Waals surface area contributed by atoms with E-state index >= 15 is 0 Å². The van der Waals surface area contributed by atoms with Gasteiger partial charge in [0.25, 0.3) is 5.88 Å². The molecule has 21 heavy (non-hydrogen) atoms. The van der Waals surface area contributed by atoms with Crippen LogP contribution in [0.4, 0.5) is 16.2 Å². The quantitative estimate of drug-likeness (QED) is 0.716. The van der Waals surface area contributed by atoms with E-state index in [4.69, 9.17) is 19.4 Å². The van der Waals surface area contributed by atoms with Crippen molar-refractivity contribution in [2.75, 3.05) is 11.1 Å². The molecule has 3 N–H and O–H groups in total. The van der Waals surface area contributed by atoms with Crippen LogP contribution >= 0.6 is 0 Å². The summed E-state index contributed by atoms with van der Waals surface area (Å²) < 4.78 is 15.2. The van der Waals surface area contributed by atoms with E-state index in [0.29, 0.717) is 22.9 Å². The molecule has 1 aromatic carbocycles. The number of rotatable bonds is 3. The standard InChI is InChI=1S/C14H11N3O4/c15-9-4-1-2-5-10(9)16-14(18)20-13-8-12(21-17-13)11-6-3-7-19-11/h1-8H,15H2,(H,16,18). The molecule has 0 saturated carbocycles. The van der Waals surface area contributed by atoms with E-state index in [0.717, 1.165) is 0 Å². The summed E-state index contributed by atoms with van der Waals surface area (Å²) in [5.41, 5.74) is 6.61. The van der Waals surface area contributed by atoms with E-state index in [2.05, 4.69) is 10.5 Å². The Bertz CT molecular complexity index is 749. The van der Waals surface area contributed by atoms with Crippen molar-refractivity contribution in [1.82, 2.24) is 5.16 Å². The first-order valence-corrected chi connectivity index (χ1v) is 6.06. The molecule has 106 valence electrons. The van der Waals surface area contributed by atoms with Gasteiger partial charge in [0.15, 0.2) is 5.76 Å². The van der Waals surface area contributed by atoms with Gasteiger partial charge >= 0.3 is 6.09 Å². The first kappa shape index (κ1) is 12.8. The number of amides is 1. The molecule has 3 rings (SSSR count). The molecule has 0 aliphatic carbocycles. The average Bonchev–Trinajstić information content (AvgIpc) is 3.12. The van der Waals surface area contributed by atoms with Crippen LogP contribution in [0.25, 0.3) is 11.5 Å². The summed E-state index contributed by atoms with van der Waals surface area (Å²) in [6, 6.07) is 11.7. The van der Waals surface area contributed by atoms with Gasteiger partial charge in [0.1, 0.15) is 0 Å². The van der Waals surface area contributed by atoms with Gasteiger partial charge in [-0.2, -0.15) is 0 Å². The molecule has 0 aliphatic rings. The lowest BCUT2D eigenvalue weighted by atomic mass is 10.3. The first-order chi connectivity index (χ1) is 10.2. The molecule has 0 unspecified atom stereocenters. The number of ether oxygens (including phenoxy) is 1. The molecular weight excluding hydrogens is 274 g/mol. The number of nitrogens with two attached hydrogens (primary N) is 1. The molecule has 0 spiro atoms. The summed E-state index contributed by atoms with van der Waals surface area (Å²) in [4.78, 5) is 11.7. The second kappa shape index (κ2) is 5.41. The monoisotopic (exact) mass is 285 g/mol. The number of para-hydroxylation sites is 2. The van der Waals surface area contributed by atoms with Crippen LogP contribution in [0, 0.1) is 0 Å². The molecule has 2 aromatic heterocycles. The van der Waals surface area contributed by atoms with E-state index in [-0.39, 0.29) is 5.88 Å². The minimum absolute atomic E-state index is 0.0217. The normalized spacial score (nSPS) is 10.3. The van der Waals surface area contributed by atoms with Crippen molar-refractivity contribution in [3.8, 4) is 17.4 Å². The topological polar surface area (TPSA) is 104 Å². The number of furan rings is 1. The fourth-order valence-electron chi connectivity index (χ4n) is 1.68. The predicted molar refractivity (Wildman–Crippen MR) is 74.7 cm³/mol. The van der Waals surface area contributed by atoms with Crippen molar-refractivity contribution in [2.24, 2.45) is 0 Å². The van der Waals surface area contributed by atoms with E-state index in [1.54, 1.807) is 36.4 Å². The van der Waals surface area contributed by atoms with Gasteiger partial charge in [-0.25, -0.2) is 4.79 Å². The number of anilines is 2. The number of aromatic nitrogens is 1. The maximum Gasteiger partial charge on any atom is 0.418 e. The summed E-state index contributed by atoms with van der Waals surface area (Å²) in [7, 11) is 0. The Balaban J connectivity index is 1.67. The van der Waals surface area contributed by atoms with Crippen molar-refractivity contribution < 1.29 is 18.5 Å². The van der Waals surface area contributed by atoms with Gasteiger partial charge in [-0.1, -0.05) is 12.1 Å². The van der Waals surface area contributed by atoms with Crippen LogP contribution in [0.2, 0.25) is 0 Å². The Labute approximate surface area is 119 Å². The molecule has 7 nitrogen and oxygen atoms in total. The first-order valence-electron chi connectivity index (χ1n) is 6.06. The average molecular weight is 285 g/mol. The van der Waals surface area contributed by atoms with Crippen LogP contribution in [-0.4, -0.2) is 11.2 Å². The van der Waals surface area contributed by atoms with Gasteiger partial charge in [-0.15, -0.1) is 0 Å². The highest BCUT2D eigenvalue weighted by Gasteiger charge is 2.13. The van der Waals surface area contributed by atoms with Crippen molar-refractivity contribution >= 4 is 17.5 Å². The lowest BCUT2D eigenvalue weighted by Crippen LogP contribution is -2.17. The molecule has 0 atom stereocenters. The van der Waals surface area contributed by atoms with Gasteiger partial charge in [0.2, 0.25) is 5.76 Å². The van der Waals surface area contributed by atoms with Crippen LogP contribution < -0.4 is 15.8 Å². The van der Waals surface area contributed by atoms with Crippen LogP contribution in [0.15, 0.2) is 57.7 Å². The molecule has 0 fully saturated rings. The van der Waals surface area contributed by atoms with E-state index < -0.39 is 6.09 Å². The molecule has 1 amide bonds. The fourth-order valence-corrected chi connectivity index (χ4v) is 1.68. The number of carbonyl (C=O) groups is 1. The van der Waals surface area contributed by atoms with Crippen LogP contribution in [-0.2, 0) is 0 Å². The van der Waals surface area contributed by atoms with E-state index in [9.17, 15) is 4.79 Å². The summed E-state index contributed by atoms with van der Waals surface area (Å²) in [6.45, 7) is 0. The lowest BCUT2D eigenvalue weighted by Gasteiger charge is -2.06. The van der Waals surface area contributed by atoms with Crippen LogP contribution in [0.5, 0.6) is 5.88 Å². The number of hydrogen-bond donors (Lipinski definition) is 2. The molecular formula is C14H11N3O4. The lowest BCUT2D eigenvalue weighted by molar-refractivity contribution is 0.210. The van der Waals surface area contributed by atoms with Gasteiger partial charge in [-0.3, -0.25) is 5.32 Å². The maximum absolute atomic E-state index is 11.7. The zero-order valence-electron chi connectivity index (χ0n) is 10.8. The molecule has 3 aromatic rings. The zero-order valence-corrected chi connectivity index (χ0v) is 10.8. The Kier molecular flexibility index (Phi) is 3.30. The third-order valence-corrected chi connectivity index (χ3v) is 2.65. The Morgan fingerprint density at radius 1 is 1.19 bits per heavy atom. The Hall–Kier alpha value is -3.22. The second-order valence-electron chi connectivity index (χ2n) is 4.11. The number of hydrogen-bond acceptors (Lipinski definition) is 6. The highest BCUT2D eigenvalue weighted by atomic mass is 16.6. The largest absolute Gasteiger partial charge is 0.461 e. The van der Waals surface area contributed by atoms with Crippen LogP contribution in [0.1, 0.15) is 0 Å². The van der Waals surface area contributed by atoms with Gasteiger partial charge in [-0.05, 0) is 29.4 Å². The van der Waals surface area contributed by atoms with Crippen molar-refractivity contribution in [2.45, 2.75) is 0 Å². The fraction of sp³-hybridized carbons (Fsp3) is 0. The highest BCUT2D eigenvalue weighted by molar-refractivity contribution is 5.89. The molecule has 0 saturated heterocycles. The molecule has 2 heterocycles. The highest BCUT2D eigenvalue weighted by Crippen LogP contribution is 2.24. The molecule has 0 radical (unpaired) electrons. The summed E-state index contributed by atoms with van der Waals surface area (Å²) in [6.07, 6.45) is 0.788. The molecule has 0 aliphatic heterocycles. The number of nitrogens with one attached hydrogen (secondary N) is 1. The van der Waals surface area contributed by atoms with Gasteiger partial charge in [0.05, 0.1) is 23.7 Å². The minimum atomic E-state index is -0.716. The second-order valence-corrected chi connectivity index (χ2v) is 4.11. The number of carbonyl (C=O) groups excluding carboxylic acids is 1. The smallest absolute Gasteiger partial charge is 0.418 e. The summed E-state index contributed by atoms with van der Waals surface area (Å²) in [5, 5.41) is 6.14.